The van der Waals surface area contributed by atoms with Gasteiger partial charge < -0.3 is 15.1 Å². The van der Waals surface area contributed by atoms with Gasteiger partial charge in [0.15, 0.2) is 0 Å². The lowest BCUT2D eigenvalue weighted by Gasteiger charge is -2.39. The van der Waals surface area contributed by atoms with Gasteiger partial charge in [-0.2, -0.15) is 4.31 Å². The van der Waals surface area contributed by atoms with Crippen molar-refractivity contribution in [2.45, 2.75) is 70.4 Å². The molecule has 2 aromatic carbocycles. The molecule has 1 aliphatic rings. The van der Waals surface area contributed by atoms with Gasteiger partial charge in [0.25, 0.3) is 0 Å². The molecule has 0 spiro atoms. The molecule has 1 heterocycles. The number of nitrogens with zero attached hydrogens (tertiary/aromatic N) is 3. The van der Waals surface area contributed by atoms with Crippen LogP contribution in [0.1, 0.15) is 57.1 Å². The Balaban J connectivity index is 1.78. The van der Waals surface area contributed by atoms with Crippen molar-refractivity contribution in [3.05, 3.63) is 64.7 Å². The molecule has 1 N–H and O–H groups in total. The first-order valence-electron chi connectivity index (χ1n) is 13.8. The maximum atomic E-state index is 13.8. The van der Waals surface area contributed by atoms with Gasteiger partial charge in [-0.15, -0.1) is 0 Å². The molecule has 1 saturated heterocycles. The number of sulfonamides is 1. The highest BCUT2D eigenvalue weighted by molar-refractivity contribution is 7.89. The summed E-state index contributed by atoms with van der Waals surface area (Å²) in [4.78, 5) is 30.1. The molecule has 0 atom stereocenters. The molecule has 3 rings (SSSR count). The number of amides is 3. The zero-order valence-electron chi connectivity index (χ0n) is 23.2. The second kappa shape index (κ2) is 14.7. The van der Waals surface area contributed by atoms with E-state index in [-0.39, 0.29) is 36.0 Å². The number of nitrogens with one attached hydrogen (secondary N) is 1. The van der Waals surface area contributed by atoms with Crippen LogP contribution in [0.2, 0.25) is 5.02 Å². The van der Waals surface area contributed by atoms with Gasteiger partial charge in [-0.3, -0.25) is 4.79 Å². The van der Waals surface area contributed by atoms with E-state index in [4.69, 9.17) is 11.6 Å². The van der Waals surface area contributed by atoms with Crippen LogP contribution in [0.4, 0.5) is 4.79 Å². The molecule has 39 heavy (non-hydrogen) atoms. The third-order valence-electron chi connectivity index (χ3n) is 7.03. The monoisotopic (exact) mass is 576 g/mol. The average molecular weight is 577 g/mol. The van der Waals surface area contributed by atoms with Crippen LogP contribution in [0.25, 0.3) is 0 Å². The predicted octanol–water partition coefficient (Wildman–Crippen LogP) is 5.05. The summed E-state index contributed by atoms with van der Waals surface area (Å²) in [5, 5.41) is 3.57. The number of unbranched alkanes of at least 4 members (excludes halogenated alkanes) is 1. The van der Waals surface area contributed by atoms with Crippen molar-refractivity contribution >= 4 is 33.6 Å². The second-order valence-electron chi connectivity index (χ2n) is 10.1. The zero-order chi connectivity index (χ0) is 28.4. The number of piperidine rings is 1. The van der Waals surface area contributed by atoms with Gasteiger partial charge in [0, 0.05) is 43.8 Å². The number of carbonyl (C=O) groups is 2. The number of hydrogen-bond acceptors (Lipinski definition) is 4. The van der Waals surface area contributed by atoms with Crippen LogP contribution in [0.5, 0.6) is 0 Å². The zero-order valence-corrected chi connectivity index (χ0v) is 24.8. The molecule has 0 unspecified atom stereocenters. The molecule has 0 aliphatic carbocycles. The smallest absolute Gasteiger partial charge is 0.317 e. The molecule has 0 saturated carbocycles. The molecular formula is C29H41ClN4O4S. The Bertz CT molecular complexity index is 1180. The molecular weight excluding hydrogens is 536 g/mol. The Kier molecular flexibility index (Phi) is 11.6. The normalized spacial score (nSPS) is 14.4. The summed E-state index contributed by atoms with van der Waals surface area (Å²) in [5.41, 5.74) is 1.88. The maximum absolute atomic E-state index is 13.8. The van der Waals surface area contributed by atoms with E-state index in [1.165, 1.54) is 4.31 Å². The van der Waals surface area contributed by atoms with E-state index in [0.717, 1.165) is 24.0 Å². The van der Waals surface area contributed by atoms with Crippen LogP contribution in [0, 0.1) is 6.92 Å². The topological polar surface area (TPSA) is 90.0 Å². The fraction of sp³-hybridized carbons (Fsp3) is 0.517. The molecule has 1 fully saturated rings. The molecule has 3 amide bonds. The van der Waals surface area contributed by atoms with Crippen molar-refractivity contribution in [1.82, 2.24) is 19.4 Å². The van der Waals surface area contributed by atoms with E-state index >= 15 is 0 Å². The Labute approximate surface area is 238 Å². The molecule has 0 bridgehead atoms. The highest BCUT2D eigenvalue weighted by Crippen LogP contribution is 2.23. The van der Waals surface area contributed by atoms with Crippen molar-refractivity contribution in [3.8, 4) is 0 Å². The summed E-state index contributed by atoms with van der Waals surface area (Å²) in [6.45, 7) is 7.95. The van der Waals surface area contributed by atoms with Crippen LogP contribution in [-0.2, 0) is 21.4 Å². The van der Waals surface area contributed by atoms with Crippen molar-refractivity contribution in [1.29, 1.82) is 0 Å². The Morgan fingerprint density at radius 1 is 1.00 bits per heavy atom. The minimum absolute atomic E-state index is 0.0733. The molecule has 8 nitrogen and oxygen atoms in total. The van der Waals surface area contributed by atoms with Crippen molar-refractivity contribution in [2.75, 3.05) is 32.7 Å². The van der Waals surface area contributed by atoms with E-state index in [9.17, 15) is 18.0 Å². The van der Waals surface area contributed by atoms with E-state index in [2.05, 4.69) is 12.2 Å². The van der Waals surface area contributed by atoms with Crippen molar-refractivity contribution in [3.63, 3.8) is 0 Å². The lowest BCUT2D eigenvalue weighted by atomic mass is 10.0. The summed E-state index contributed by atoms with van der Waals surface area (Å²) in [7, 11) is -3.84. The number of benzene rings is 2. The standard InChI is InChI=1S/C29H41ClN4O4S/c1-4-6-17-31-29(36)32-19-15-26(16-20-32)34(21-24-9-11-25(30)12-10-24)28(35)22-33(18-5-2)39(37,38)27-13-7-23(3)8-14-27/h7-14,26H,4-6,15-22H2,1-3H3,(H,31,36). The van der Waals surface area contributed by atoms with E-state index in [1.807, 2.05) is 26.0 Å². The molecule has 0 aromatic heterocycles. The van der Waals surface area contributed by atoms with Gasteiger partial charge in [-0.1, -0.05) is 61.7 Å². The van der Waals surface area contributed by atoms with Crippen LogP contribution in [-0.4, -0.2) is 73.2 Å². The first-order chi connectivity index (χ1) is 18.6. The number of aryl methyl sites for hydroxylation is 1. The van der Waals surface area contributed by atoms with E-state index in [1.54, 1.807) is 46.2 Å². The summed E-state index contributed by atoms with van der Waals surface area (Å²) < 4.78 is 28.2. The van der Waals surface area contributed by atoms with Gasteiger partial charge in [-0.05, 0) is 62.4 Å². The fourth-order valence-corrected chi connectivity index (χ4v) is 6.31. The minimum Gasteiger partial charge on any atom is -0.338 e. The van der Waals surface area contributed by atoms with E-state index < -0.39 is 10.0 Å². The predicted molar refractivity (Wildman–Crippen MR) is 155 cm³/mol. The molecule has 0 radical (unpaired) electrons. The fourth-order valence-electron chi connectivity index (χ4n) is 4.71. The highest BCUT2D eigenvalue weighted by atomic mass is 35.5. The van der Waals surface area contributed by atoms with E-state index in [0.29, 0.717) is 50.5 Å². The third-order valence-corrected chi connectivity index (χ3v) is 9.14. The van der Waals surface area contributed by atoms with Gasteiger partial charge in [-0.25, -0.2) is 13.2 Å². The summed E-state index contributed by atoms with van der Waals surface area (Å²) >= 11 is 6.07. The minimum atomic E-state index is -3.84. The van der Waals surface area contributed by atoms with Crippen LogP contribution < -0.4 is 5.32 Å². The third kappa shape index (κ3) is 8.68. The quantitative estimate of drug-likeness (QED) is 0.358. The largest absolute Gasteiger partial charge is 0.338 e. The van der Waals surface area contributed by atoms with Gasteiger partial charge in [0.05, 0.1) is 11.4 Å². The summed E-state index contributed by atoms with van der Waals surface area (Å²) in [5.74, 6) is -0.250. The number of urea groups is 1. The Morgan fingerprint density at radius 3 is 2.23 bits per heavy atom. The molecule has 214 valence electrons. The highest BCUT2D eigenvalue weighted by Gasteiger charge is 2.33. The van der Waals surface area contributed by atoms with Crippen LogP contribution >= 0.6 is 11.6 Å². The molecule has 1 aliphatic heterocycles. The number of carbonyl (C=O) groups excluding carboxylic acids is 2. The Morgan fingerprint density at radius 2 is 1.64 bits per heavy atom. The first kappa shape index (κ1) is 30.9. The van der Waals surface area contributed by atoms with Crippen molar-refractivity contribution in [2.24, 2.45) is 0 Å². The van der Waals surface area contributed by atoms with Crippen LogP contribution in [0.3, 0.4) is 0 Å². The Hall–Kier alpha value is -2.62. The lowest BCUT2D eigenvalue weighted by Crippen LogP contribution is -2.52. The first-order valence-corrected chi connectivity index (χ1v) is 15.6. The number of rotatable bonds is 12. The van der Waals surface area contributed by atoms with Crippen molar-refractivity contribution < 1.29 is 18.0 Å². The second-order valence-corrected chi connectivity index (χ2v) is 12.5. The molecule has 10 heteroatoms. The maximum Gasteiger partial charge on any atom is 0.317 e. The van der Waals surface area contributed by atoms with Gasteiger partial charge in [0.1, 0.15) is 0 Å². The summed E-state index contributed by atoms with van der Waals surface area (Å²) in [6.07, 6.45) is 3.78. The number of hydrogen-bond donors (Lipinski definition) is 1. The van der Waals surface area contributed by atoms with Crippen LogP contribution in [0.15, 0.2) is 53.4 Å². The molecule has 2 aromatic rings. The summed E-state index contributed by atoms with van der Waals surface area (Å²) in [6, 6.07) is 13.8. The van der Waals surface area contributed by atoms with Gasteiger partial charge >= 0.3 is 6.03 Å². The van der Waals surface area contributed by atoms with Gasteiger partial charge in [0.2, 0.25) is 15.9 Å². The number of halogens is 1. The average Bonchev–Trinajstić information content (AvgIpc) is 2.93. The number of likely N-dealkylation sites (tertiary alicyclic amines) is 1. The lowest BCUT2D eigenvalue weighted by molar-refractivity contribution is -0.135. The SMILES string of the molecule is CCCCNC(=O)N1CCC(N(Cc2ccc(Cl)cc2)C(=O)CN(CCC)S(=O)(=O)c2ccc(C)cc2)CC1.